The number of benzene rings is 1. The predicted octanol–water partition coefficient (Wildman–Crippen LogP) is 3.98. The van der Waals surface area contributed by atoms with Crippen molar-refractivity contribution >= 4 is 5.97 Å². The highest BCUT2D eigenvalue weighted by molar-refractivity contribution is 5.92. The molecule has 0 amide bonds. The van der Waals surface area contributed by atoms with Gasteiger partial charge >= 0.3 is 12.1 Å². The Morgan fingerprint density at radius 2 is 1.62 bits per heavy atom. The molecule has 0 heterocycles. The van der Waals surface area contributed by atoms with Gasteiger partial charge in [0.1, 0.15) is 5.56 Å². The SMILES string of the molecule is CC(C)Oc1cc(C(F)(F)F)cc(C(=O)O)c1OC(C)C. The van der Waals surface area contributed by atoms with Crippen molar-refractivity contribution in [1.29, 1.82) is 0 Å². The Balaban J connectivity index is 3.53. The molecule has 0 saturated carbocycles. The van der Waals surface area contributed by atoms with Gasteiger partial charge in [0.05, 0.1) is 17.8 Å². The molecule has 1 aromatic carbocycles. The molecular weight excluding hydrogens is 289 g/mol. The maximum Gasteiger partial charge on any atom is 0.416 e. The number of ether oxygens (including phenoxy) is 2. The monoisotopic (exact) mass is 306 g/mol. The smallest absolute Gasteiger partial charge is 0.416 e. The van der Waals surface area contributed by atoms with Crippen LogP contribution in [0, 0.1) is 0 Å². The first-order chi connectivity index (χ1) is 9.52. The van der Waals surface area contributed by atoms with E-state index in [0.717, 1.165) is 6.07 Å². The van der Waals surface area contributed by atoms with Crippen LogP contribution < -0.4 is 9.47 Å². The van der Waals surface area contributed by atoms with Crippen molar-refractivity contribution in [2.45, 2.75) is 46.1 Å². The van der Waals surface area contributed by atoms with Gasteiger partial charge in [0.15, 0.2) is 11.5 Å². The number of aromatic carboxylic acids is 1. The lowest BCUT2D eigenvalue weighted by Crippen LogP contribution is -2.16. The third-order valence-corrected chi connectivity index (χ3v) is 2.33. The van der Waals surface area contributed by atoms with Crippen LogP contribution in [-0.2, 0) is 6.18 Å². The molecule has 4 nitrogen and oxygen atoms in total. The second kappa shape index (κ2) is 6.24. The van der Waals surface area contributed by atoms with E-state index in [1.807, 2.05) is 0 Å². The second-order valence-electron chi connectivity index (χ2n) is 4.99. The van der Waals surface area contributed by atoms with Gasteiger partial charge in [0.25, 0.3) is 0 Å². The summed E-state index contributed by atoms with van der Waals surface area (Å²) < 4.78 is 49.2. The zero-order valence-corrected chi connectivity index (χ0v) is 12.1. The molecule has 0 bridgehead atoms. The van der Waals surface area contributed by atoms with Crippen LogP contribution >= 0.6 is 0 Å². The lowest BCUT2D eigenvalue weighted by atomic mass is 10.1. The Hall–Kier alpha value is -1.92. The molecule has 1 aromatic rings. The van der Waals surface area contributed by atoms with Gasteiger partial charge in [-0.2, -0.15) is 13.2 Å². The van der Waals surface area contributed by atoms with Crippen molar-refractivity contribution in [2.75, 3.05) is 0 Å². The highest BCUT2D eigenvalue weighted by Crippen LogP contribution is 2.40. The zero-order valence-electron chi connectivity index (χ0n) is 12.1. The van der Waals surface area contributed by atoms with Gasteiger partial charge in [0, 0.05) is 0 Å². The Kier molecular flexibility index (Phi) is 5.09. The number of hydrogen-bond acceptors (Lipinski definition) is 3. The highest BCUT2D eigenvalue weighted by atomic mass is 19.4. The van der Waals surface area contributed by atoms with Gasteiger partial charge in [-0.05, 0) is 39.8 Å². The summed E-state index contributed by atoms with van der Waals surface area (Å²) in [4.78, 5) is 11.2. The minimum atomic E-state index is -4.67. The largest absolute Gasteiger partial charge is 0.487 e. The van der Waals surface area contributed by atoms with Gasteiger partial charge in [-0.3, -0.25) is 0 Å². The standard InChI is InChI=1S/C14H17F3O4/c1-7(2)20-11-6-9(14(15,16)17)5-10(13(18)19)12(11)21-8(3)4/h5-8H,1-4H3,(H,18,19). The molecule has 0 unspecified atom stereocenters. The summed E-state index contributed by atoms with van der Waals surface area (Å²) >= 11 is 0. The minimum Gasteiger partial charge on any atom is -0.487 e. The second-order valence-corrected chi connectivity index (χ2v) is 4.99. The fraction of sp³-hybridized carbons (Fsp3) is 0.500. The number of hydrogen-bond donors (Lipinski definition) is 1. The van der Waals surface area contributed by atoms with E-state index in [1.165, 1.54) is 0 Å². The molecular formula is C14H17F3O4. The third-order valence-electron chi connectivity index (χ3n) is 2.33. The molecule has 0 atom stereocenters. The Morgan fingerprint density at radius 1 is 1.10 bits per heavy atom. The maximum absolute atomic E-state index is 12.9. The van der Waals surface area contributed by atoms with Crippen molar-refractivity contribution in [2.24, 2.45) is 0 Å². The van der Waals surface area contributed by atoms with Crippen LogP contribution in [0.2, 0.25) is 0 Å². The van der Waals surface area contributed by atoms with Gasteiger partial charge < -0.3 is 14.6 Å². The van der Waals surface area contributed by atoms with Crippen LogP contribution in [0.15, 0.2) is 12.1 Å². The maximum atomic E-state index is 12.9. The number of carboxylic acid groups (broad SMARTS) is 1. The fourth-order valence-electron chi connectivity index (χ4n) is 1.62. The first-order valence-corrected chi connectivity index (χ1v) is 6.34. The number of carbonyl (C=O) groups is 1. The van der Waals surface area contributed by atoms with Crippen LogP contribution in [0.3, 0.4) is 0 Å². The van der Waals surface area contributed by atoms with Gasteiger partial charge in [-0.1, -0.05) is 0 Å². The predicted molar refractivity (Wildman–Crippen MR) is 69.9 cm³/mol. The summed E-state index contributed by atoms with van der Waals surface area (Å²) in [7, 11) is 0. The summed E-state index contributed by atoms with van der Waals surface area (Å²) in [6.45, 7) is 6.53. The molecule has 1 rings (SSSR count). The van der Waals surface area contributed by atoms with E-state index in [9.17, 15) is 18.0 Å². The molecule has 0 aliphatic heterocycles. The summed E-state index contributed by atoms with van der Waals surface area (Å²) in [5.41, 5.74) is -1.67. The quantitative estimate of drug-likeness (QED) is 0.894. The van der Waals surface area contributed by atoms with Crippen LogP contribution in [0.5, 0.6) is 11.5 Å². The van der Waals surface area contributed by atoms with E-state index in [1.54, 1.807) is 27.7 Å². The van der Waals surface area contributed by atoms with Gasteiger partial charge in [-0.15, -0.1) is 0 Å². The lowest BCUT2D eigenvalue weighted by Gasteiger charge is -2.20. The molecule has 21 heavy (non-hydrogen) atoms. The normalized spacial score (nSPS) is 11.9. The summed E-state index contributed by atoms with van der Waals surface area (Å²) in [5.74, 6) is -1.93. The van der Waals surface area contributed by atoms with E-state index < -0.39 is 35.5 Å². The number of halogens is 3. The van der Waals surface area contributed by atoms with Crippen molar-refractivity contribution < 1.29 is 32.5 Å². The zero-order chi connectivity index (χ0) is 16.4. The highest BCUT2D eigenvalue weighted by Gasteiger charge is 2.34. The summed E-state index contributed by atoms with van der Waals surface area (Å²) in [5, 5.41) is 9.12. The number of carboxylic acids is 1. The minimum absolute atomic E-state index is 0.195. The molecule has 0 fully saturated rings. The van der Waals surface area contributed by atoms with Gasteiger partial charge in [-0.25, -0.2) is 4.79 Å². The van der Waals surface area contributed by atoms with Gasteiger partial charge in [0.2, 0.25) is 0 Å². The Morgan fingerprint density at radius 3 is 2.00 bits per heavy atom. The Bertz CT molecular complexity index is 522. The van der Waals surface area contributed by atoms with E-state index in [2.05, 4.69) is 0 Å². The van der Waals surface area contributed by atoms with E-state index >= 15 is 0 Å². The third kappa shape index (κ3) is 4.54. The average Bonchev–Trinajstić information content (AvgIpc) is 2.27. The average molecular weight is 306 g/mol. The fourth-order valence-corrected chi connectivity index (χ4v) is 1.62. The van der Waals surface area contributed by atoms with E-state index in [-0.39, 0.29) is 11.5 Å². The molecule has 1 N–H and O–H groups in total. The molecule has 118 valence electrons. The molecule has 7 heteroatoms. The van der Waals surface area contributed by atoms with Crippen LogP contribution in [-0.4, -0.2) is 23.3 Å². The number of rotatable bonds is 5. The molecule has 0 aromatic heterocycles. The topological polar surface area (TPSA) is 55.8 Å². The molecule has 0 spiro atoms. The van der Waals surface area contributed by atoms with E-state index in [4.69, 9.17) is 14.6 Å². The van der Waals surface area contributed by atoms with Crippen LogP contribution in [0.1, 0.15) is 43.6 Å². The number of alkyl halides is 3. The summed E-state index contributed by atoms with van der Waals surface area (Å²) in [6.07, 6.45) is -5.51. The Labute approximate surface area is 120 Å². The molecule has 0 aliphatic rings. The summed E-state index contributed by atoms with van der Waals surface area (Å²) in [6, 6.07) is 1.30. The molecule has 0 radical (unpaired) electrons. The first-order valence-electron chi connectivity index (χ1n) is 6.34. The van der Waals surface area contributed by atoms with Crippen LogP contribution in [0.25, 0.3) is 0 Å². The molecule has 0 saturated heterocycles. The van der Waals surface area contributed by atoms with E-state index in [0.29, 0.717) is 6.07 Å². The van der Waals surface area contributed by atoms with Crippen LogP contribution in [0.4, 0.5) is 13.2 Å². The van der Waals surface area contributed by atoms with Crippen molar-refractivity contribution in [1.82, 2.24) is 0 Å². The first kappa shape index (κ1) is 17.1. The van der Waals surface area contributed by atoms with Crippen molar-refractivity contribution in [3.8, 4) is 11.5 Å². The molecule has 0 aliphatic carbocycles. The lowest BCUT2D eigenvalue weighted by molar-refractivity contribution is -0.137. The van der Waals surface area contributed by atoms with Crippen molar-refractivity contribution in [3.05, 3.63) is 23.3 Å². The van der Waals surface area contributed by atoms with Crippen molar-refractivity contribution in [3.63, 3.8) is 0 Å².